The molecule has 118 valence electrons. The molecule has 0 aromatic rings. The molecule has 20 heavy (non-hydrogen) atoms. The van der Waals surface area contributed by atoms with E-state index in [1.165, 1.54) is 38.5 Å². The van der Waals surface area contributed by atoms with Gasteiger partial charge in [0.15, 0.2) is 0 Å². The first-order chi connectivity index (χ1) is 9.79. The summed E-state index contributed by atoms with van der Waals surface area (Å²) < 4.78 is 5.80. The Hall–Kier alpha value is -0.160. The van der Waals surface area contributed by atoms with Crippen molar-refractivity contribution in [2.75, 3.05) is 46.0 Å². The van der Waals surface area contributed by atoms with Crippen LogP contribution in [-0.2, 0) is 4.74 Å². The lowest BCUT2D eigenvalue weighted by Gasteiger charge is -2.45. The quantitative estimate of drug-likeness (QED) is 0.632. The zero-order chi connectivity index (χ0) is 14.3. The van der Waals surface area contributed by atoms with E-state index in [2.05, 4.69) is 17.1 Å². The fourth-order valence-corrected chi connectivity index (χ4v) is 3.46. The van der Waals surface area contributed by atoms with Crippen molar-refractivity contribution in [3.8, 4) is 0 Å². The molecule has 2 aliphatic rings. The second-order valence-electron chi connectivity index (χ2n) is 6.61. The van der Waals surface area contributed by atoms with Gasteiger partial charge in [0, 0.05) is 37.7 Å². The molecular weight excluding hydrogens is 252 g/mol. The maximum Gasteiger partial charge on any atom is 0.0558 e. The predicted octanol–water partition coefficient (Wildman–Crippen LogP) is 1.63. The summed E-state index contributed by atoms with van der Waals surface area (Å²) in [6.07, 6.45) is 7.56. The van der Waals surface area contributed by atoms with Gasteiger partial charge in [-0.2, -0.15) is 0 Å². The Morgan fingerprint density at radius 2 is 2.20 bits per heavy atom. The molecule has 0 bridgehead atoms. The van der Waals surface area contributed by atoms with Crippen molar-refractivity contribution >= 4 is 0 Å². The summed E-state index contributed by atoms with van der Waals surface area (Å²) in [5.74, 6) is 0. The molecule has 1 atom stereocenters. The molecule has 1 aliphatic carbocycles. The van der Waals surface area contributed by atoms with Gasteiger partial charge in [-0.1, -0.05) is 13.3 Å². The number of aliphatic hydroxyl groups excluding tert-OH is 1. The largest absolute Gasteiger partial charge is 0.395 e. The van der Waals surface area contributed by atoms with E-state index >= 15 is 0 Å². The van der Waals surface area contributed by atoms with Crippen molar-refractivity contribution in [1.29, 1.82) is 0 Å². The molecule has 0 radical (unpaired) electrons. The fourth-order valence-electron chi connectivity index (χ4n) is 3.46. The lowest BCUT2D eigenvalue weighted by Crippen LogP contribution is -2.53. The van der Waals surface area contributed by atoms with Crippen molar-refractivity contribution in [3.63, 3.8) is 0 Å². The van der Waals surface area contributed by atoms with Crippen LogP contribution in [0.4, 0.5) is 0 Å². The molecule has 2 N–H and O–H groups in total. The van der Waals surface area contributed by atoms with E-state index in [-0.39, 0.29) is 12.0 Å². The number of rotatable bonds is 9. The van der Waals surface area contributed by atoms with E-state index in [1.54, 1.807) is 0 Å². The van der Waals surface area contributed by atoms with Crippen LogP contribution in [0.5, 0.6) is 0 Å². The number of hydrogen-bond donors (Lipinski definition) is 2. The number of hydrogen-bond acceptors (Lipinski definition) is 4. The van der Waals surface area contributed by atoms with Crippen LogP contribution in [0.2, 0.25) is 0 Å². The van der Waals surface area contributed by atoms with E-state index in [0.29, 0.717) is 6.04 Å². The molecule has 2 rings (SSSR count). The molecule has 4 nitrogen and oxygen atoms in total. The van der Waals surface area contributed by atoms with Gasteiger partial charge in [-0.25, -0.2) is 0 Å². The topological polar surface area (TPSA) is 44.7 Å². The summed E-state index contributed by atoms with van der Waals surface area (Å²) in [5, 5.41) is 12.9. The molecular formula is C16H32N2O2. The third-order valence-corrected chi connectivity index (χ3v) is 4.85. The number of ether oxygens (including phenoxy) is 1. The lowest BCUT2D eigenvalue weighted by atomic mass is 9.80. The van der Waals surface area contributed by atoms with Crippen molar-refractivity contribution < 1.29 is 9.84 Å². The maximum absolute atomic E-state index is 9.34. The summed E-state index contributed by atoms with van der Waals surface area (Å²) in [4.78, 5) is 2.52. The van der Waals surface area contributed by atoms with Gasteiger partial charge in [-0.05, 0) is 38.6 Å². The van der Waals surface area contributed by atoms with Crippen molar-refractivity contribution in [1.82, 2.24) is 10.2 Å². The van der Waals surface area contributed by atoms with Crippen LogP contribution < -0.4 is 5.32 Å². The van der Waals surface area contributed by atoms with Gasteiger partial charge in [-0.3, -0.25) is 4.90 Å². The summed E-state index contributed by atoms with van der Waals surface area (Å²) in [7, 11) is 0. The number of aliphatic hydroxyl groups is 1. The third-order valence-electron chi connectivity index (χ3n) is 4.85. The second-order valence-corrected chi connectivity index (χ2v) is 6.61. The first-order valence-electron chi connectivity index (χ1n) is 8.43. The van der Waals surface area contributed by atoms with Crippen molar-refractivity contribution in [3.05, 3.63) is 0 Å². The number of nitrogens with one attached hydrogen (secondary N) is 1. The Balaban J connectivity index is 1.93. The zero-order valence-electron chi connectivity index (χ0n) is 13.1. The smallest absolute Gasteiger partial charge is 0.0558 e. The Bertz CT molecular complexity index is 263. The fraction of sp³-hybridized carbons (Fsp3) is 1.00. The minimum atomic E-state index is 0.248. The van der Waals surface area contributed by atoms with Crippen molar-refractivity contribution in [2.24, 2.45) is 5.41 Å². The summed E-state index contributed by atoms with van der Waals surface area (Å²) >= 11 is 0. The molecule has 1 saturated heterocycles. The van der Waals surface area contributed by atoms with Crippen LogP contribution in [0, 0.1) is 5.41 Å². The highest BCUT2D eigenvalue weighted by Crippen LogP contribution is 2.33. The van der Waals surface area contributed by atoms with Crippen LogP contribution in [0.3, 0.4) is 0 Å². The maximum atomic E-state index is 9.34. The Morgan fingerprint density at radius 1 is 1.35 bits per heavy atom. The molecule has 4 heteroatoms. The first-order valence-corrected chi connectivity index (χ1v) is 8.43. The minimum absolute atomic E-state index is 0.248. The molecule has 0 spiro atoms. The summed E-state index contributed by atoms with van der Waals surface area (Å²) in [6, 6.07) is 0.701. The Labute approximate surface area is 123 Å². The first kappa shape index (κ1) is 16.2. The van der Waals surface area contributed by atoms with Crippen LogP contribution in [0.25, 0.3) is 0 Å². The average Bonchev–Trinajstić information content (AvgIpc) is 2.38. The van der Waals surface area contributed by atoms with E-state index in [9.17, 15) is 5.11 Å². The molecule has 0 amide bonds. The van der Waals surface area contributed by atoms with E-state index in [0.717, 1.165) is 39.4 Å². The molecule has 2 fully saturated rings. The van der Waals surface area contributed by atoms with Crippen LogP contribution in [-0.4, -0.2) is 62.0 Å². The normalized spacial score (nSPS) is 27.8. The van der Waals surface area contributed by atoms with Gasteiger partial charge in [-0.15, -0.1) is 0 Å². The highest BCUT2D eigenvalue weighted by atomic mass is 16.5. The highest BCUT2D eigenvalue weighted by Gasteiger charge is 2.37. The number of nitrogens with zero attached hydrogens (tertiary/aromatic N) is 1. The Kier molecular flexibility index (Phi) is 6.75. The summed E-state index contributed by atoms with van der Waals surface area (Å²) in [6.45, 7) is 8.31. The van der Waals surface area contributed by atoms with Gasteiger partial charge in [0.05, 0.1) is 13.2 Å². The molecule has 0 aromatic heterocycles. The lowest BCUT2D eigenvalue weighted by molar-refractivity contribution is -0.0421. The summed E-state index contributed by atoms with van der Waals surface area (Å²) in [5.41, 5.74) is 0.248. The monoisotopic (exact) mass is 284 g/mol. The molecule has 1 saturated carbocycles. The van der Waals surface area contributed by atoms with E-state index in [1.807, 2.05) is 0 Å². The zero-order valence-corrected chi connectivity index (χ0v) is 13.1. The van der Waals surface area contributed by atoms with E-state index in [4.69, 9.17) is 4.74 Å². The van der Waals surface area contributed by atoms with Crippen LogP contribution >= 0.6 is 0 Å². The SMILES string of the molecule is CCCNCC1(CN(CCO)C2CCC2)CCCOC1. The second kappa shape index (κ2) is 8.32. The molecule has 1 unspecified atom stereocenters. The highest BCUT2D eigenvalue weighted by molar-refractivity contribution is 4.91. The predicted molar refractivity (Wildman–Crippen MR) is 81.9 cm³/mol. The average molecular weight is 284 g/mol. The molecule has 0 aromatic carbocycles. The minimum Gasteiger partial charge on any atom is -0.395 e. The van der Waals surface area contributed by atoms with Gasteiger partial charge in [0.1, 0.15) is 0 Å². The Morgan fingerprint density at radius 3 is 2.75 bits per heavy atom. The van der Waals surface area contributed by atoms with Gasteiger partial charge < -0.3 is 15.2 Å². The van der Waals surface area contributed by atoms with Crippen molar-refractivity contribution in [2.45, 2.75) is 51.5 Å². The van der Waals surface area contributed by atoms with Gasteiger partial charge in [0.2, 0.25) is 0 Å². The van der Waals surface area contributed by atoms with Gasteiger partial charge in [0.25, 0.3) is 0 Å². The standard InChI is InChI=1S/C16H32N2O2/c1-2-8-17-12-16(7-4-11-20-14-16)13-18(9-10-19)15-5-3-6-15/h15,17,19H,2-14H2,1H3. The van der Waals surface area contributed by atoms with Crippen LogP contribution in [0.15, 0.2) is 0 Å². The van der Waals surface area contributed by atoms with Crippen LogP contribution in [0.1, 0.15) is 45.4 Å². The molecule has 1 aliphatic heterocycles. The van der Waals surface area contributed by atoms with Gasteiger partial charge >= 0.3 is 0 Å². The molecule has 1 heterocycles. The van der Waals surface area contributed by atoms with E-state index < -0.39 is 0 Å². The third kappa shape index (κ3) is 4.42.